The van der Waals surface area contributed by atoms with E-state index in [-0.39, 0.29) is 18.3 Å². The monoisotopic (exact) mass is 344 g/mol. The highest BCUT2D eigenvalue weighted by Crippen LogP contribution is 2.31. The number of para-hydroxylation sites is 1. The van der Waals surface area contributed by atoms with Gasteiger partial charge < -0.3 is 14.4 Å². The summed E-state index contributed by atoms with van der Waals surface area (Å²) in [6.07, 6.45) is 0.314. The van der Waals surface area contributed by atoms with Gasteiger partial charge in [0, 0.05) is 28.2 Å². The summed E-state index contributed by atoms with van der Waals surface area (Å²) >= 11 is 0. The highest BCUT2D eigenvalue weighted by atomic mass is 32.2. The Labute approximate surface area is 137 Å². The van der Waals surface area contributed by atoms with Gasteiger partial charge in [-0.05, 0) is 18.6 Å². The SMILES string of the molecule is COc1cccc(C(=O)N(C)C)c1OCCCS(=O)(=O)N(C)C. The molecule has 0 heterocycles. The number of benzene rings is 1. The van der Waals surface area contributed by atoms with Gasteiger partial charge in [0.25, 0.3) is 5.91 Å². The molecule has 0 radical (unpaired) electrons. The van der Waals surface area contributed by atoms with Gasteiger partial charge in [0.15, 0.2) is 11.5 Å². The summed E-state index contributed by atoms with van der Waals surface area (Å²) < 4.78 is 35.5. The fourth-order valence-corrected chi connectivity index (χ4v) is 2.68. The molecular formula is C15H24N2O5S. The van der Waals surface area contributed by atoms with Crippen molar-refractivity contribution in [2.75, 3.05) is 47.7 Å². The second-order valence-electron chi connectivity index (χ2n) is 5.34. The van der Waals surface area contributed by atoms with Crippen molar-refractivity contribution in [2.45, 2.75) is 6.42 Å². The molecule has 0 aliphatic rings. The van der Waals surface area contributed by atoms with E-state index in [9.17, 15) is 13.2 Å². The molecule has 23 heavy (non-hydrogen) atoms. The largest absolute Gasteiger partial charge is 0.493 e. The molecule has 0 spiro atoms. The lowest BCUT2D eigenvalue weighted by molar-refractivity contribution is 0.0822. The molecule has 0 bridgehead atoms. The van der Waals surface area contributed by atoms with Crippen molar-refractivity contribution < 1.29 is 22.7 Å². The van der Waals surface area contributed by atoms with Crippen molar-refractivity contribution in [3.05, 3.63) is 23.8 Å². The lowest BCUT2D eigenvalue weighted by Gasteiger charge is -2.17. The molecule has 0 saturated carbocycles. The molecule has 1 rings (SSSR count). The highest BCUT2D eigenvalue weighted by molar-refractivity contribution is 7.89. The van der Waals surface area contributed by atoms with Crippen LogP contribution in [-0.2, 0) is 10.0 Å². The van der Waals surface area contributed by atoms with E-state index in [2.05, 4.69) is 0 Å². The van der Waals surface area contributed by atoms with Gasteiger partial charge in [-0.15, -0.1) is 0 Å². The van der Waals surface area contributed by atoms with E-state index < -0.39 is 10.0 Å². The van der Waals surface area contributed by atoms with Crippen LogP contribution in [-0.4, -0.2) is 71.2 Å². The van der Waals surface area contributed by atoms with Gasteiger partial charge in [-0.1, -0.05) is 6.07 Å². The van der Waals surface area contributed by atoms with Crippen LogP contribution in [0.3, 0.4) is 0 Å². The maximum Gasteiger partial charge on any atom is 0.257 e. The maximum atomic E-state index is 12.2. The Morgan fingerprint density at radius 3 is 2.35 bits per heavy atom. The number of rotatable bonds is 8. The molecule has 0 aromatic heterocycles. The van der Waals surface area contributed by atoms with Crippen LogP contribution in [0.2, 0.25) is 0 Å². The summed E-state index contributed by atoms with van der Waals surface area (Å²) in [5, 5.41) is 0. The third kappa shape index (κ3) is 5.11. The molecule has 8 heteroatoms. The molecule has 0 fully saturated rings. The Kier molecular flexibility index (Phi) is 6.83. The van der Waals surface area contributed by atoms with Crippen molar-refractivity contribution in [1.82, 2.24) is 9.21 Å². The number of hydrogen-bond donors (Lipinski definition) is 0. The Bertz CT molecular complexity index is 641. The Morgan fingerprint density at radius 2 is 1.83 bits per heavy atom. The Balaban J connectivity index is 2.85. The molecule has 1 aromatic carbocycles. The van der Waals surface area contributed by atoms with Crippen LogP contribution in [0.5, 0.6) is 11.5 Å². The van der Waals surface area contributed by atoms with Crippen LogP contribution in [0.4, 0.5) is 0 Å². The second-order valence-corrected chi connectivity index (χ2v) is 7.64. The fraction of sp³-hybridized carbons (Fsp3) is 0.533. The number of methoxy groups -OCH3 is 1. The number of sulfonamides is 1. The van der Waals surface area contributed by atoms with Crippen LogP contribution < -0.4 is 9.47 Å². The quantitative estimate of drug-likeness (QED) is 0.659. The van der Waals surface area contributed by atoms with Crippen LogP contribution in [0.15, 0.2) is 18.2 Å². The number of carbonyl (C=O) groups is 1. The molecule has 1 aromatic rings. The van der Waals surface area contributed by atoms with Gasteiger partial charge >= 0.3 is 0 Å². The van der Waals surface area contributed by atoms with Crippen molar-refractivity contribution in [1.29, 1.82) is 0 Å². The third-order valence-electron chi connectivity index (χ3n) is 3.18. The molecule has 0 N–H and O–H groups in total. The summed E-state index contributed by atoms with van der Waals surface area (Å²) in [5.41, 5.74) is 0.379. The molecule has 0 aliphatic heterocycles. The molecule has 0 saturated heterocycles. The van der Waals surface area contributed by atoms with Gasteiger partial charge in [-0.3, -0.25) is 4.79 Å². The first kappa shape index (κ1) is 19.2. The number of carbonyl (C=O) groups excluding carboxylic acids is 1. The van der Waals surface area contributed by atoms with Crippen LogP contribution >= 0.6 is 0 Å². The summed E-state index contributed by atoms with van der Waals surface area (Å²) in [4.78, 5) is 13.6. The molecule has 0 unspecified atom stereocenters. The number of hydrogen-bond acceptors (Lipinski definition) is 5. The lowest BCUT2D eigenvalue weighted by Crippen LogP contribution is -2.26. The predicted octanol–water partition coefficient (Wildman–Crippen LogP) is 1.06. The minimum Gasteiger partial charge on any atom is -0.493 e. The van der Waals surface area contributed by atoms with Crippen molar-refractivity contribution in [3.63, 3.8) is 0 Å². The zero-order chi connectivity index (χ0) is 17.6. The van der Waals surface area contributed by atoms with E-state index in [1.54, 1.807) is 32.3 Å². The number of nitrogens with zero attached hydrogens (tertiary/aromatic N) is 2. The normalized spacial score (nSPS) is 11.4. The molecule has 0 aliphatic carbocycles. The maximum absolute atomic E-state index is 12.2. The predicted molar refractivity (Wildman–Crippen MR) is 88.6 cm³/mol. The average Bonchev–Trinajstić information content (AvgIpc) is 2.50. The molecule has 7 nitrogen and oxygen atoms in total. The summed E-state index contributed by atoms with van der Waals surface area (Å²) in [5.74, 6) is 0.537. The number of ether oxygens (including phenoxy) is 2. The Morgan fingerprint density at radius 1 is 1.17 bits per heavy atom. The summed E-state index contributed by atoms with van der Waals surface area (Å²) in [7, 11) is 4.50. The van der Waals surface area contributed by atoms with E-state index in [0.717, 1.165) is 0 Å². The standard InChI is InChI=1S/C15H24N2O5S/c1-16(2)15(18)12-8-6-9-13(21-5)14(12)22-10-7-11-23(19,20)17(3)4/h6,8-9H,7,10-11H2,1-5H3. The van der Waals surface area contributed by atoms with Crippen LogP contribution in [0.25, 0.3) is 0 Å². The zero-order valence-electron chi connectivity index (χ0n) is 14.2. The van der Waals surface area contributed by atoms with Crippen LogP contribution in [0.1, 0.15) is 16.8 Å². The van der Waals surface area contributed by atoms with Crippen molar-refractivity contribution in [2.24, 2.45) is 0 Å². The third-order valence-corrected chi connectivity index (χ3v) is 5.10. The molecule has 0 atom stereocenters. The Hall–Kier alpha value is -1.80. The first-order valence-corrected chi connectivity index (χ1v) is 8.73. The van der Waals surface area contributed by atoms with Gasteiger partial charge in [0.2, 0.25) is 10.0 Å². The topological polar surface area (TPSA) is 76.1 Å². The van der Waals surface area contributed by atoms with Gasteiger partial charge in [-0.25, -0.2) is 12.7 Å². The fourth-order valence-electron chi connectivity index (χ4n) is 1.83. The molecule has 1 amide bonds. The van der Waals surface area contributed by atoms with E-state index in [1.807, 2.05) is 0 Å². The van der Waals surface area contributed by atoms with E-state index in [0.29, 0.717) is 23.5 Å². The van der Waals surface area contributed by atoms with Gasteiger partial charge in [-0.2, -0.15) is 0 Å². The molecular weight excluding hydrogens is 320 g/mol. The van der Waals surface area contributed by atoms with Gasteiger partial charge in [0.05, 0.1) is 25.0 Å². The van der Waals surface area contributed by atoms with Crippen molar-refractivity contribution in [3.8, 4) is 11.5 Å². The lowest BCUT2D eigenvalue weighted by atomic mass is 10.1. The van der Waals surface area contributed by atoms with Gasteiger partial charge in [0.1, 0.15) is 0 Å². The van der Waals surface area contributed by atoms with E-state index in [1.165, 1.54) is 30.4 Å². The first-order chi connectivity index (χ1) is 10.7. The zero-order valence-corrected chi connectivity index (χ0v) is 15.0. The average molecular weight is 344 g/mol. The van der Waals surface area contributed by atoms with Crippen molar-refractivity contribution >= 4 is 15.9 Å². The summed E-state index contributed by atoms with van der Waals surface area (Å²) in [6.45, 7) is 0.168. The summed E-state index contributed by atoms with van der Waals surface area (Å²) in [6, 6.07) is 5.05. The smallest absolute Gasteiger partial charge is 0.257 e. The minimum absolute atomic E-state index is 0.0217. The highest BCUT2D eigenvalue weighted by Gasteiger charge is 2.19. The van der Waals surface area contributed by atoms with Crippen LogP contribution in [0, 0.1) is 0 Å². The molecule has 130 valence electrons. The van der Waals surface area contributed by atoms with E-state index >= 15 is 0 Å². The number of amides is 1. The first-order valence-electron chi connectivity index (χ1n) is 7.12. The minimum atomic E-state index is -3.26. The van der Waals surface area contributed by atoms with E-state index in [4.69, 9.17) is 9.47 Å². The second kappa shape index (κ2) is 8.16.